The number of carbonyl (C=O) groups excluding carboxylic acids is 3. The van der Waals surface area contributed by atoms with Crippen LogP contribution in [0.3, 0.4) is 0 Å². The minimum absolute atomic E-state index is 0.144. The Morgan fingerprint density at radius 3 is 1.55 bits per heavy atom. The fraction of sp³-hybridized carbons (Fsp3) is 0.761. The summed E-state index contributed by atoms with van der Waals surface area (Å²) in [5.74, 6) is -2.31. The number of esters is 2. The molecule has 0 amide bonds. The van der Waals surface area contributed by atoms with Crippen molar-refractivity contribution >= 4 is 17.9 Å². The van der Waals surface area contributed by atoms with Gasteiger partial charge in [0.25, 0.3) is 0 Å². The third-order valence-electron chi connectivity index (χ3n) is 9.09. The average Bonchev–Trinajstić information content (AvgIpc) is 3.14. The molecule has 0 aliphatic heterocycles. The van der Waals surface area contributed by atoms with Crippen LogP contribution in [0.4, 0.5) is 0 Å². The first-order valence-corrected chi connectivity index (χ1v) is 21.8. The number of allylic oxidation sites excluding steroid dienone is 8. The van der Waals surface area contributed by atoms with Gasteiger partial charge in [-0.15, -0.1) is 0 Å². The van der Waals surface area contributed by atoms with E-state index in [2.05, 4.69) is 62.5 Å². The van der Waals surface area contributed by atoms with Crippen molar-refractivity contribution in [2.24, 2.45) is 0 Å². The largest absolute Gasteiger partial charge is 0.545 e. The van der Waals surface area contributed by atoms with Crippen molar-refractivity contribution in [1.82, 2.24) is 0 Å². The van der Waals surface area contributed by atoms with E-state index in [-0.39, 0.29) is 38.6 Å². The molecule has 0 radical (unpaired) electrons. The van der Waals surface area contributed by atoms with Crippen molar-refractivity contribution in [3.63, 3.8) is 0 Å². The van der Waals surface area contributed by atoms with Crippen LogP contribution in [0.15, 0.2) is 48.6 Å². The molecule has 0 heterocycles. The van der Waals surface area contributed by atoms with Gasteiger partial charge in [0.1, 0.15) is 13.2 Å². The van der Waals surface area contributed by atoms with Gasteiger partial charge in [0.05, 0.1) is 40.3 Å². The van der Waals surface area contributed by atoms with Gasteiger partial charge >= 0.3 is 11.9 Å². The molecule has 0 fully saturated rings. The van der Waals surface area contributed by atoms with Gasteiger partial charge < -0.3 is 33.3 Å². The zero-order chi connectivity index (χ0) is 40.7. The summed E-state index contributed by atoms with van der Waals surface area (Å²) < 4.78 is 22.5. The number of carbonyl (C=O) groups is 3. The highest BCUT2D eigenvalue weighted by atomic mass is 16.7. The lowest BCUT2D eigenvalue weighted by Gasteiger charge is -2.26. The highest BCUT2D eigenvalue weighted by Crippen LogP contribution is 2.14. The molecule has 0 saturated carbocycles. The second-order valence-electron chi connectivity index (χ2n) is 15.6. The summed E-state index contributed by atoms with van der Waals surface area (Å²) in [6.45, 7) is 4.59. The number of likely N-dealkylation sites (N-methyl/N-ethyl adjacent to an activating group) is 1. The van der Waals surface area contributed by atoms with Gasteiger partial charge in [-0.1, -0.05) is 152 Å². The normalized spacial score (nSPS) is 13.4. The van der Waals surface area contributed by atoms with Gasteiger partial charge in [0.2, 0.25) is 0 Å². The standard InChI is InChI=1S/C46H81NO8/c1-6-8-10-12-14-16-18-19-20-21-22-23-24-25-27-29-31-33-35-37-44(49)55-42(41-54-46(45(50)51)52-39-38-47(3,4)5)40-53-43(48)36-34-32-30-28-26-17-15-13-11-9-7-2/h8,10,14,16,19-20,22-23,42,46H,6-7,9,11-13,15,17-18,21,24-41H2,1-5H3/b10-8-,16-14-,20-19-,23-22-. The molecule has 0 rings (SSSR count). The van der Waals surface area contributed by atoms with Crippen LogP contribution in [0.2, 0.25) is 0 Å². The number of hydrogen-bond donors (Lipinski definition) is 0. The lowest BCUT2D eigenvalue weighted by molar-refractivity contribution is -0.870. The zero-order valence-electron chi connectivity index (χ0n) is 35.8. The first-order valence-electron chi connectivity index (χ1n) is 21.8. The maximum Gasteiger partial charge on any atom is 0.306 e. The lowest BCUT2D eigenvalue weighted by Crippen LogP contribution is -2.44. The highest BCUT2D eigenvalue weighted by molar-refractivity contribution is 5.70. The summed E-state index contributed by atoms with van der Waals surface area (Å²) in [4.78, 5) is 36.9. The van der Waals surface area contributed by atoms with Crippen molar-refractivity contribution in [3.8, 4) is 0 Å². The van der Waals surface area contributed by atoms with E-state index in [1.165, 1.54) is 51.4 Å². The van der Waals surface area contributed by atoms with Crippen molar-refractivity contribution in [3.05, 3.63) is 48.6 Å². The maximum absolute atomic E-state index is 12.7. The smallest absolute Gasteiger partial charge is 0.306 e. The predicted octanol–water partition coefficient (Wildman–Crippen LogP) is 9.88. The third kappa shape index (κ3) is 39.3. The molecule has 0 aromatic heterocycles. The van der Waals surface area contributed by atoms with Gasteiger partial charge in [-0.3, -0.25) is 9.59 Å². The Labute approximate surface area is 336 Å². The zero-order valence-corrected chi connectivity index (χ0v) is 35.8. The lowest BCUT2D eigenvalue weighted by atomic mass is 10.1. The summed E-state index contributed by atoms with van der Waals surface area (Å²) in [6, 6.07) is 0. The van der Waals surface area contributed by atoms with E-state index < -0.39 is 24.3 Å². The predicted molar refractivity (Wildman–Crippen MR) is 223 cm³/mol. The van der Waals surface area contributed by atoms with E-state index in [0.717, 1.165) is 83.5 Å². The van der Waals surface area contributed by atoms with Crippen molar-refractivity contribution < 1.29 is 42.9 Å². The van der Waals surface area contributed by atoms with Crippen LogP contribution in [0.25, 0.3) is 0 Å². The van der Waals surface area contributed by atoms with Gasteiger partial charge in [-0.25, -0.2) is 0 Å². The summed E-state index contributed by atoms with van der Waals surface area (Å²) in [7, 11) is 5.90. The van der Waals surface area contributed by atoms with Crippen LogP contribution < -0.4 is 5.11 Å². The summed E-state index contributed by atoms with van der Waals surface area (Å²) in [5.41, 5.74) is 0. The molecule has 0 saturated heterocycles. The van der Waals surface area contributed by atoms with Crippen LogP contribution in [0.5, 0.6) is 0 Å². The molecule has 2 atom stereocenters. The highest BCUT2D eigenvalue weighted by Gasteiger charge is 2.21. The minimum atomic E-state index is -1.62. The van der Waals surface area contributed by atoms with Gasteiger partial charge in [0.15, 0.2) is 12.4 Å². The summed E-state index contributed by atoms with van der Waals surface area (Å²) in [6.07, 6.45) is 39.9. The Bertz CT molecular complexity index is 1050. The first kappa shape index (κ1) is 52.2. The third-order valence-corrected chi connectivity index (χ3v) is 9.09. The number of ether oxygens (including phenoxy) is 4. The SMILES string of the molecule is CC/C=C\C/C=C\C/C=C\C/C=C\CCCCCCCCC(=O)OC(COC(=O)CCCCCCCCCCCCC)COC(OCC[N+](C)(C)C)C(=O)[O-]. The molecular weight excluding hydrogens is 695 g/mol. The number of carboxylic acids is 1. The Kier molecular flexibility index (Phi) is 36.2. The molecule has 0 aliphatic rings. The Balaban J connectivity index is 4.46. The van der Waals surface area contributed by atoms with E-state index in [0.29, 0.717) is 17.4 Å². The number of rotatable bonds is 39. The van der Waals surface area contributed by atoms with Crippen molar-refractivity contribution in [1.29, 1.82) is 0 Å². The number of hydrogen-bond acceptors (Lipinski definition) is 8. The Morgan fingerprint density at radius 1 is 0.564 bits per heavy atom. The Morgan fingerprint density at radius 2 is 1.04 bits per heavy atom. The van der Waals surface area contributed by atoms with Gasteiger partial charge in [-0.05, 0) is 51.4 Å². The van der Waals surface area contributed by atoms with E-state index >= 15 is 0 Å². The maximum atomic E-state index is 12.7. The monoisotopic (exact) mass is 776 g/mol. The van der Waals surface area contributed by atoms with Crippen LogP contribution >= 0.6 is 0 Å². The fourth-order valence-electron chi connectivity index (χ4n) is 5.70. The average molecular weight is 776 g/mol. The number of unbranched alkanes of at least 4 members (excludes halogenated alkanes) is 16. The number of quaternary nitrogens is 1. The molecule has 0 aromatic carbocycles. The molecule has 0 spiro atoms. The number of aliphatic carboxylic acids is 1. The van der Waals surface area contributed by atoms with Crippen LogP contribution in [-0.2, 0) is 33.3 Å². The van der Waals surface area contributed by atoms with Crippen LogP contribution in [0.1, 0.15) is 168 Å². The number of nitrogens with zero attached hydrogens (tertiary/aromatic N) is 1. The molecule has 9 nitrogen and oxygen atoms in total. The van der Waals surface area contributed by atoms with E-state index in [9.17, 15) is 19.5 Å². The minimum Gasteiger partial charge on any atom is -0.545 e. The molecule has 0 bridgehead atoms. The molecule has 2 unspecified atom stereocenters. The molecule has 55 heavy (non-hydrogen) atoms. The first-order chi connectivity index (χ1) is 26.6. The topological polar surface area (TPSA) is 111 Å². The Hall–Kier alpha value is -2.75. The molecule has 0 aromatic rings. The van der Waals surface area contributed by atoms with Crippen molar-refractivity contribution in [2.75, 3.05) is 47.5 Å². The van der Waals surface area contributed by atoms with Crippen LogP contribution in [-0.4, -0.2) is 82.3 Å². The fourth-order valence-corrected chi connectivity index (χ4v) is 5.70. The molecular formula is C46H81NO8. The van der Waals surface area contributed by atoms with Crippen molar-refractivity contribution in [2.45, 2.75) is 180 Å². The van der Waals surface area contributed by atoms with E-state index in [1.54, 1.807) is 0 Å². The van der Waals surface area contributed by atoms with Gasteiger partial charge in [0, 0.05) is 12.8 Å². The summed E-state index contributed by atoms with van der Waals surface area (Å²) >= 11 is 0. The van der Waals surface area contributed by atoms with Crippen LogP contribution in [0, 0.1) is 0 Å². The molecule has 318 valence electrons. The quantitative estimate of drug-likeness (QED) is 0.0200. The molecule has 0 N–H and O–H groups in total. The second-order valence-corrected chi connectivity index (χ2v) is 15.6. The number of carboxylic acid groups (broad SMARTS) is 1. The molecule has 9 heteroatoms. The molecule has 0 aliphatic carbocycles. The second kappa shape index (κ2) is 38.1. The summed E-state index contributed by atoms with van der Waals surface area (Å²) in [5, 5.41) is 11.7. The van der Waals surface area contributed by atoms with E-state index in [1.807, 2.05) is 21.1 Å². The van der Waals surface area contributed by atoms with E-state index in [4.69, 9.17) is 18.9 Å². The van der Waals surface area contributed by atoms with Gasteiger partial charge in [-0.2, -0.15) is 0 Å².